The molecule has 0 bridgehead atoms. The highest BCUT2D eigenvalue weighted by molar-refractivity contribution is 7.99. The highest BCUT2D eigenvalue weighted by Gasteiger charge is 2.40. The standard InChI is InChI=1S/C26H29N5O2S/c32-24(28-19-26(10-16-34-20-26)30-12-14-33-15-13-30)9-8-22-18-31(23-6-2-1-3-7-23)29-25(22)21-5-4-11-27-17-21/h1-9,11,17-18H,10,12-16,19-20H2,(H,28,32)/b9-8+. The molecular weight excluding hydrogens is 446 g/mol. The molecule has 2 aromatic heterocycles. The van der Waals surface area contributed by atoms with Gasteiger partial charge in [-0.05, 0) is 42.5 Å². The number of carbonyl (C=O) groups excluding carboxylic acids is 1. The van der Waals surface area contributed by atoms with Crippen LogP contribution in [0, 0.1) is 0 Å². The van der Waals surface area contributed by atoms with Crippen molar-refractivity contribution in [1.29, 1.82) is 0 Å². The minimum Gasteiger partial charge on any atom is -0.379 e. The van der Waals surface area contributed by atoms with Crippen LogP contribution in [0.1, 0.15) is 12.0 Å². The smallest absolute Gasteiger partial charge is 0.244 e. The molecule has 176 valence electrons. The van der Waals surface area contributed by atoms with Gasteiger partial charge in [0.05, 0.1) is 18.9 Å². The van der Waals surface area contributed by atoms with Crippen molar-refractivity contribution in [2.75, 3.05) is 44.4 Å². The fourth-order valence-electron chi connectivity index (χ4n) is 4.56. The lowest BCUT2D eigenvalue weighted by molar-refractivity contribution is -0.117. The monoisotopic (exact) mass is 475 g/mol. The van der Waals surface area contributed by atoms with Crippen molar-refractivity contribution in [3.63, 3.8) is 0 Å². The molecule has 1 aromatic carbocycles. The van der Waals surface area contributed by atoms with Crippen molar-refractivity contribution < 1.29 is 9.53 Å². The van der Waals surface area contributed by atoms with Gasteiger partial charge in [0.2, 0.25) is 5.91 Å². The Kier molecular flexibility index (Phi) is 7.08. The van der Waals surface area contributed by atoms with Crippen LogP contribution < -0.4 is 5.32 Å². The maximum Gasteiger partial charge on any atom is 0.244 e. The van der Waals surface area contributed by atoms with E-state index in [2.05, 4.69) is 15.2 Å². The Morgan fingerprint density at radius 2 is 2.03 bits per heavy atom. The van der Waals surface area contributed by atoms with E-state index in [0.717, 1.165) is 66.7 Å². The van der Waals surface area contributed by atoms with Gasteiger partial charge < -0.3 is 10.1 Å². The number of benzene rings is 1. The van der Waals surface area contributed by atoms with Crippen LogP contribution in [0.2, 0.25) is 0 Å². The molecule has 0 aliphatic carbocycles. The summed E-state index contributed by atoms with van der Waals surface area (Å²) in [4.78, 5) is 19.6. The van der Waals surface area contributed by atoms with Crippen LogP contribution in [-0.4, -0.2) is 75.5 Å². The molecule has 34 heavy (non-hydrogen) atoms. The van der Waals surface area contributed by atoms with Gasteiger partial charge in [-0.3, -0.25) is 14.7 Å². The third-order valence-electron chi connectivity index (χ3n) is 6.47. The molecular formula is C26H29N5O2S. The lowest BCUT2D eigenvalue weighted by Gasteiger charge is -2.42. The zero-order valence-corrected chi connectivity index (χ0v) is 19.9. The number of morpholine rings is 1. The van der Waals surface area contributed by atoms with E-state index in [1.54, 1.807) is 18.5 Å². The van der Waals surface area contributed by atoms with Gasteiger partial charge in [-0.2, -0.15) is 16.9 Å². The molecule has 3 aromatic rings. The second-order valence-electron chi connectivity index (χ2n) is 8.63. The maximum absolute atomic E-state index is 12.8. The number of aromatic nitrogens is 3. The molecule has 1 unspecified atom stereocenters. The van der Waals surface area contributed by atoms with Gasteiger partial charge >= 0.3 is 0 Å². The Morgan fingerprint density at radius 1 is 1.18 bits per heavy atom. The molecule has 1 amide bonds. The summed E-state index contributed by atoms with van der Waals surface area (Å²) >= 11 is 1.97. The first kappa shape index (κ1) is 22.8. The molecule has 2 saturated heterocycles. The van der Waals surface area contributed by atoms with Gasteiger partial charge in [-0.25, -0.2) is 4.68 Å². The van der Waals surface area contributed by atoms with Gasteiger partial charge in [0.25, 0.3) is 0 Å². The Bertz CT molecular complexity index is 1120. The number of thioether (sulfide) groups is 1. The van der Waals surface area contributed by atoms with Crippen LogP contribution in [0.15, 0.2) is 67.1 Å². The van der Waals surface area contributed by atoms with E-state index in [-0.39, 0.29) is 11.4 Å². The number of para-hydroxylation sites is 1. The topological polar surface area (TPSA) is 72.3 Å². The van der Waals surface area contributed by atoms with Gasteiger partial charge in [0.1, 0.15) is 5.69 Å². The molecule has 0 saturated carbocycles. The number of ether oxygens (including phenoxy) is 1. The Hall–Kier alpha value is -2.94. The molecule has 7 nitrogen and oxygen atoms in total. The normalized spacial score (nSPS) is 21.2. The van der Waals surface area contributed by atoms with Gasteiger partial charge in [0, 0.05) is 66.7 Å². The first-order chi connectivity index (χ1) is 16.7. The van der Waals surface area contributed by atoms with Crippen LogP contribution in [0.5, 0.6) is 0 Å². The zero-order valence-electron chi connectivity index (χ0n) is 19.1. The summed E-state index contributed by atoms with van der Waals surface area (Å²) in [6, 6.07) is 13.8. The lowest BCUT2D eigenvalue weighted by atomic mass is 9.95. The SMILES string of the molecule is O=C(/C=C/c1cn(-c2ccccc2)nc1-c1cccnc1)NCC1(N2CCOCC2)CCSC1. The summed E-state index contributed by atoms with van der Waals surface area (Å²) < 4.78 is 7.38. The molecule has 2 aliphatic heterocycles. The number of hydrogen-bond donors (Lipinski definition) is 1. The second-order valence-corrected chi connectivity index (χ2v) is 9.74. The van der Waals surface area contributed by atoms with Gasteiger partial charge in [-0.15, -0.1) is 0 Å². The number of nitrogens with zero attached hydrogens (tertiary/aromatic N) is 4. The molecule has 5 rings (SSSR count). The molecule has 2 fully saturated rings. The average Bonchev–Trinajstić information content (AvgIpc) is 3.56. The predicted octanol–water partition coefficient (Wildman–Crippen LogP) is 3.27. The summed E-state index contributed by atoms with van der Waals surface area (Å²) in [7, 11) is 0. The van der Waals surface area contributed by atoms with Crippen molar-refractivity contribution >= 4 is 23.7 Å². The minimum atomic E-state index is -0.0888. The molecule has 2 aliphatic rings. The first-order valence-electron chi connectivity index (χ1n) is 11.7. The molecule has 1 N–H and O–H groups in total. The second kappa shape index (κ2) is 10.5. The highest BCUT2D eigenvalue weighted by atomic mass is 32.2. The first-order valence-corrected chi connectivity index (χ1v) is 12.8. The number of pyridine rings is 1. The van der Waals surface area contributed by atoms with Crippen LogP contribution in [-0.2, 0) is 9.53 Å². The molecule has 8 heteroatoms. The van der Waals surface area contributed by atoms with E-state index in [0.29, 0.717) is 6.54 Å². The van der Waals surface area contributed by atoms with E-state index in [4.69, 9.17) is 9.84 Å². The van der Waals surface area contributed by atoms with Gasteiger partial charge in [-0.1, -0.05) is 18.2 Å². The summed E-state index contributed by atoms with van der Waals surface area (Å²) in [6.07, 6.45) is 10.0. The van der Waals surface area contributed by atoms with E-state index in [1.807, 2.05) is 71.2 Å². The number of hydrogen-bond acceptors (Lipinski definition) is 6. The predicted molar refractivity (Wildman–Crippen MR) is 136 cm³/mol. The Labute approximate surface area is 204 Å². The minimum absolute atomic E-state index is 0.0248. The molecule has 4 heterocycles. The number of amides is 1. The third kappa shape index (κ3) is 5.09. The molecule has 0 spiro atoms. The zero-order chi connectivity index (χ0) is 23.2. The Balaban J connectivity index is 1.33. The fourth-order valence-corrected chi connectivity index (χ4v) is 6.04. The van der Waals surface area contributed by atoms with Crippen molar-refractivity contribution in [2.45, 2.75) is 12.0 Å². The number of carbonyl (C=O) groups is 1. The van der Waals surface area contributed by atoms with Crippen molar-refractivity contribution in [1.82, 2.24) is 25.0 Å². The van der Waals surface area contributed by atoms with Crippen molar-refractivity contribution in [3.05, 3.63) is 72.7 Å². The summed E-state index contributed by atoms with van der Waals surface area (Å²) in [5.74, 6) is 2.09. The van der Waals surface area contributed by atoms with Crippen LogP contribution >= 0.6 is 11.8 Å². The quantitative estimate of drug-likeness (QED) is 0.529. The average molecular weight is 476 g/mol. The number of nitrogens with one attached hydrogen (secondary N) is 1. The fraction of sp³-hybridized carbons (Fsp3) is 0.346. The van der Waals surface area contributed by atoms with Crippen LogP contribution in [0.4, 0.5) is 0 Å². The summed E-state index contributed by atoms with van der Waals surface area (Å²) in [5.41, 5.74) is 3.55. The largest absolute Gasteiger partial charge is 0.379 e. The van der Waals surface area contributed by atoms with Crippen LogP contribution in [0.3, 0.4) is 0 Å². The Morgan fingerprint density at radius 3 is 2.76 bits per heavy atom. The summed E-state index contributed by atoms with van der Waals surface area (Å²) in [5, 5.41) is 7.95. The van der Waals surface area contributed by atoms with E-state index < -0.39 is 0 Å². The van der Waals surface area contributed by atoms with E-state index >= 15 is 0 Å². The lowest BCUT2D eigenvalue weighted by Crippen LogP contribution is -2.59. The van der Waals surface area contributed by atoms with Crippen molar-refractivity contribution in [3.8, 4) is 16.9 Å². The summed E-state index contributed by atoms with van der Waals surface area (Å²) in [6.45, 7) is 4.05. The highest BCUT2D eigenvalue weighted by Crippen LogP contribution is 2.33. The van der Waals surface area contributed by atoms with Crippen molar-refractivity contribution in [2.24, 2.45) is 0 Å². The third-order valence-corrected chi connectivity index (χ3v) is 7.70. The number of rotatable bonds is 7. The molecule has 1 atom stereocenters. The van der Waals surface area contributed by atoms with Gasteiger partial charge in [0.15, 0.2) is 0 Å². The van der Waals surface area contributed by atoms with E-state index in [1.165, 1.54) is 0 Å². The maximum atomic E-state index is 12.8. The molecule has 0 radical (unpaired) electrons. The van der Waals surface area contributed by atoms with E-state index in [9.17, 15) is 4.79 Å². The van der Waals surface area contributed by atoms with Crippen LogP contribution in [0.25, 0.3) is 23.0 Å².